The van der Waals surface area contributed by atoms with Crippen LogP contribution in [0.1, 0.15) is 61.0 Å². The number of piperidine rings is 1. The van der Waals surface area contributed by atoms with E-state index >= 15 is 0 Å². The second kappa shape index (κ2) is 6.76. The average Bonchev–Trinajstić information content (AvgIpc) is 2.88. The van der Waals surface area contributed by atoms with Crippen LogP contribution in [0.5, 0.6) is 0 Å². The highest BCUT2D eigenvalue weighted by Gasteiger charge is 2.35. The Bertz CT molecular complexity index is 453. The molecule has 0 atom stereocenters. The minimum absolute atomic E-state index is 0.680. The molecule has 1 saturated carbocycles. The molecule has 0 radical (unpaired) electrons. The summed E-state index contributed by atoms with van der Waals surface area (Å²) in [5, 5.41) is 8.52. The molecule has 3 rings (SSSR count). The highest BCUT2D eigenvalue weighted by molar-refractivity contribution is 7.11. The van der Waals surface area contributed by atoms with Gasteiger partial charge in [0.05, 0.1) is 10.7 Å². The Balaban J connectivity index is 1.49. The Morgan fingerprint density at radius 2 is 1.95 bits per heavy atom. The second-order valence-corrected chi connectivity index (χ2v) is 8.15. The molecule has 0 amide bonds. The van der Waals surface area contributed by atoms with E-state index in [2.05, 4.69) is 29.5 Å². The van der Waals surface area contributed by atoms with E-state index in [0.717, 1.165) is 19.0 Å². The van der Waals surface area contributed by atoms with E-state index in [0.29, 0.717) is 5.41 Å². The topological polar surface area (TPSA) is 37.0 Å². The fraction of sp³-hybridized carbons (Fsp3) is 0.824. The van der Waals surface area contributed by atoms with Crippen LogP contribution in [0.2, 0.25) is 0 Å². The van der Waals surface area contributed by atoms with E-state index in [1.54, 1.807) is 0 Å². The van der Waals surface area contributed by atoms with Crippen LogP contribution < -0.4 is 10.6 Å². The average molecular weight is 308 g/mol. The summed E-state index contributed by atoms with van der Waals surface area (Å²) < 4.78 is 0. The van der Waals surface area contributed by atoms with E-state index in [-0.39, 0.29) is 0 Å². The number of thiazole rings is 1. The van der Waals surface area contributed by atoms with Crippen molar-refractivity contribution in [2.24, 2.45) is 5.41 Å². The van der Waals surface area contributed by atoms with Gasteiger partial charge in [-0.3, -0.25) is 0 Å². The van der Waals surface area contributed by atoms with E-state index in [4.69, 9.17) is 0 Å². The van der Waals surface area contributed by atoms with Crippen LogP contribution >= 0.6 is 11.3 Å². The van der Waals surface area contributed by atoms with Crippen LogP contribution in [-0.2, 0) is 13.0 Å². The number of aryl methyl sites for hydroxylation is 2. The lowest BCUT2D eigenvalue weighted by molar-refractivity contribution is 0.115. The summed E-state index contributed by atoms with van der Waals surface area (Å²) in [6, 6.07) is 0.720. The third-order valence-electron chi connectivity index (χ3n) is 5.48. The molecule has 2 fully saturated rings. The predicted molar refractivity (Wildman–Crippen MR) is 89.9 cm³/mol. The molecule has 1 spiro atoms. The van der Waals surface area contributed by atoms with Crippen LogP contribution in [0, 0.1) is 12.3 Å². The third kappa shape index (κ3) is 3.66. The van der Waals surface area contributed by atoms with E-state index < -0.39 is 0 Å². The molecule has 4 heteroatoms. The Hall–Kier alpha value is -0.450. The molecule has 118 valence electrons. The first-order valence-electron chi connectivity index (χ1n) is 8.60. The van der Waals surface area contributed by atoms with Gasteiger partial charge in [-0.15, -0.1) is 11.3 Å². The highest BCUT2D eigenvalue weighted by Crippen LogP contribution is 2.43. The van der Waals surface area contributed by atoms with Gasteiger partial charge in [0.1, 0.15) is 0 Å². The lowest BCUT2D eigenvalue weighted by Crippen LogP contribution is -2.42. The third-order valence-corrected chi connectivity index (χ3v) is 6.49. The smallest absolute Gasteiger partial charge is 0.0900 e. The first-order valence-corrected chi connectivity index (χ1v) is 9.42. The van der Waals surface area contributed by atoms with Gasteiger partial charge in [0, 0.05) is 17.5 Å². The number of hydrogen-bond acceptors (Lipinski definition) is 4. The summed E-state index contributed by atoms with van der Waals surface area (Å²) in [7, 11) is 0. The van der Waals surface area contributed by atoms with Gasteiger partial charge in [0.2, 0.25) is 0 Å². The predicted octanol–water partition coefficient (Wildman–Crippen LogP) is 3.42. The van der Waals surface area contributed by atoms with Crippen molar-refractivity contribution in [3.05, 3.63) is 15.6 Å². The zero-order valence-electron chi connectivity index (χ0n) is 13.5. The molecule has 2 aliphatic rings. The van der Waals surface area contributed by atoms with Crippen LogP contribution in [0.3, 0.4) is 0 Å². The maximum Gasteiger partial charge on any atom is 0.0900 e. The number of aromatic nitrogens is 1. The summed E-state index contributed by atoms with van der Waals surface area (Å²) in [4.78, 5) is 6.09. The van der Waals surface area contributed by atoms with Gasteiger partial charge in [-0.2, -0.15) is 0 Å². The molecule has 1 saturated heterocycles. The molecule has 2 N–H and O–H groups in total. The van der Waals surface area contributed by atoms with Crippen molar-refractivity contribution in [1.29, 1.82) is 0 Å². The van der Waals surface area contributed by atoms with Crippen LogP contribution in [0.25, 0.3) is 0 Å². The van der Waals surface area contributed by atoms with Crippen molar-refractivity contribution in [3.63, 3.8) is 0 Å². The highest BCUT2D eigenvalue weighted by atomic mass is 32.1. The number of rotatable bonds is 4. The first-order chi connectivity index (χ1) is 10.2. The first kappa shape index (κ1) is 15.4. The molecular weight excluding hydrogens is 278 g/mol. The summed E-state index contributed by atoms with van der Waals surface area (Å²) >= 11 is 1.87. The van der Waals surface area contributed by atoms with Crippen molar-refractivity contribution in [3.8, 4) is 0 Å². The van der Waals surface area contributed by atoms with E-state index in [9.17, 15) is 0 Å². The number of nitrogens with one attached hydrogen (secondary N) is 2. The molecule has 0 unspecified atom stereocenters. The monoisotopic (exact) mass is 307 g/mol. The molecule has 0 aromatic carbocycles. The Kier molecular flexibility index (Phi) is 4.97. The summed E-state index contributed by atoms with van der Waals surface area (Å²) in [5.74, 6) is 0. The van der Waals surface area contributed by atoms with Gasteiger partial charge < -0.3 is 10.6 Å². The standard InChI is InChI=1S/C17H29N3S/c1-3-15-16(21-13(2)20-15)12-19-14-4-6-17(7-5-14)8-10-18-11-9-17/h14,18-19H,3-12H2,1-2H3. The molecular formula is C17H29N3S. The van der Waals surface area contributed by atoms with Crippen LogP contribution in [-0.4, -0.2) is 24.1 Å². The van der Waals surface area contributed by atoms with Gasteiger partial charge >= 0.3 is 0 Å². The lowest BCUT2D eigenvalue weighted by atomic mass is 9.67. The number of nitrogens with zero attached hydrogens (tertiary/aromatic N) is 1. The summed E-state index contributed by atoms with van der Waals surface area (Å²) in [6.07, 6.45) is 9.42. The normalized spacial score (nSPS) is 22.8. The van der Waals surface area contributed by atoms with E-state index in [1.807, 2.05) is 11.3 Å². The molecule has 1 aromatic rings. The lowest BCUT2D eigenvalue weighted by Gasteiger charge is -2.43. The quantitative estimate of drug-likeness (QED) is 0.895. The van der Waals surface area contributed by atoms with Crippen LogP contribution in [0.4, 0.5) is 0 Å². The fourth-order valence-electron chi connectivity index (χ4n) is 4.06. The molecule has 0 bridgehead atoms. The van der Waals surface area contributed by atoms with Gasteiger partial charge in [-0.25, -0.2) is 4.98 Å². The SMILES string of the molecule is CCc1nc(C)sc1CNC1CCC2(CCNCC2)CC1. The maximum atomic E-state index is 4.63. The van der Waals surface area contributed by atoms with Crippen molar-refractivity contribution < 1.29 is 0 Å². The molecule has 1 aliphatic carbocycles. The van der Waals surface area contributed by atoms with Gasteiger partial charge in [-0.1, -0.05) is 6.92 Å². The van der Waals surface area contributed by atoms with Gasteiger partial charge in [0.25, 0.3) is 0 Å². The summed E-state index contributed by atoms with van der Waals surface area (Å²) in [6.45, 7) is 7.82. The van der Waals surface area contributed by atoms with Gasteiger partial charge in [-0.05, 0) is 70.4 Å². The minimum Gasteiger partial charge on any atom is -0.317 e. The molecule has 1 aliphatic heterocycles. The number of hydrogen-bond donors (Lipinski definition) is 2. The van der Waals surface area contributed by atoms with Gasteiger partial charge in [0.15, 0.2) is 0 Å². The Labute approximate surface area is 132 Å². The van der Waals surface area contributed by atoms with Crippen molar-refractivity contribution in [2.45, 2.75) is 71.4 Å². The largest absolute Gasteiger partial charge is 0.317 e. The van der Waals surface area contributed by atoms with Crippen LogP contribution in [0.15, 0.2) is 0 Å². The zero-order chi connectivity index (χ0) is 14.7. The molecule has 2 heterocycles. The molecule has 21 heavy (non-hydrogen) atoms. The molecule has 3 nitrogen and oxygen atoms in total. The van der Waals surface area contributed by atoms with E-state index in [1.165, 1.54) is 67.2 Å². The molecule has 1 aromatic heterocycles. The summed E-state index contributed by atoms with van der Waals surface area (Å²) in [5.41, 5.74) is 1.98. The maximum absolute atomic E-state index is 4.63. The minimum atomic E-state index is 0.680. The van der Waals surface area contributed by atoms with Crippen molar-refractivity contribution in [1.82, 2.24) is 15.6 Å². The fourth-order valence-corrected chi connectivity index (χ4v) is 5.03. The van der Waals surface area contributed by atoms with Crippen molar-refractivity contribution in [2.75, 3.05) is 13.1 Å². The Morgan fingerprint density at radius 3 is 2.62 bits per heavy atom. The zero-order valence-corrected chi connectivity index (χ0v) is 14.3. The second-order valence-electron chi connectivity index (χ2n) is 6.86. The Morgan fingerprint density at radius 1 is 1.24 bits per heavy atom. The van der Waals surface area contributed by atoms with Crippen molar-refractivity contribution >= 4 is 11.3 Å².